The molecule has 0 aromatic heterocycles. The Balaban J connectivity index is 5.54. The fourth-order valence-corrected chi connectivity index (χ4v) is 91.1. The summed E-state index contributed by atoms with van der Waals surface area (Å²) in [6.45, 7) is 22.5. The second kappa shape index (κ2) is 3.87. The summed E-state index contributed by atoms with van der Waals surface area (Å²) in [7, 11) is -3.46. The smallest absolute Gasteiger partial charge is 0.130 e. The Hall–Kier alpha value is 1.16. The van der Waals surface area contributed by atoms with Gasteiger partial charge in [-0.1, -0.05) is 58.9 Å². The summed E-state index contributed by atoms with van der Waals surface area (Å²) >= 11 is 7.29. The molecule has 0 rings (SSSR count). The van der Waals surface area contributed by atoms with Gasteiger partial charge in [-0.15, -0.1) is 0 Å². The van der Waals surface area contributed by atoms with Crippen LogP contribution >= 0.6 is 11.1 Å². The second-order valence-electron chi connectivity index (χ2n) is 7.41. The molecule has 0 nitrogen and oxygen atoms in total. The van der Waals surface area contributed by atoms with Crippen molar-refractivity contribution < 1.29 is 0 Å². The topological polar surface area (TPSA) is 0 Å². The first kappa shape index (κ1) is 15.2. The number of hydrogen-bond acceptors (Lipinski definition) is 0. The van der Waals surface area contributed by atoms with Crippen LogP contribution < -0.4 is 0 Å². The van der Waals surface area contributed by atoms with Crippen LogP contribution in [0.15, 0.2) is 0 Å². The molecule has 0 saturated carbocycles. The fourth-order valence-electron chi connectivity index (χ4n) is 3.38. The maximum atomic E-state index is 7.29. The van der Waals surface area contributed by atoms with Crippen LogP contribution in [0.3, 0.4) is 0 Å². The summed E-state index contributed by atoms with van der Waals surface area (Å²) in [5.74, 6) is -1.47. The minimum Gasteiger partial charge on any atom is -0.177 e. The summed E-state index contributed by atoms with van der Waals surface area (Å²) in [5.41, 5.74) is 0. The highest BCUT2D eigenvalue weighted by Gasteiger charge is 2.61. The third-order valence-electron chi connectivity index (χ3n) is 3.10. The van der Waals surface area contributed by atoms with E-state index in [1.165, 1.54) is 0 Å². The molecule has 0 aromatic carbocycles. The van der Waals surface area contributed by atoms with E-state index in [1.54, 1.807) is 0 Å². The van der Waals surface area contributed by atoms with Crippen LogP contribution in [0.4, 0.5) is 0 Å². The summed E-state index contributed by atoms with van der Waals surface area (Å²) in [4.78, 5) is 0. The van der Waals surface area contributed by atoms with Crippen LogP contribution in [0.1, 0.15) is 0 Å². The predicted octanol–water partition coefficient (Wildman–Crippen LogP) is 4.42. The van der Waals surface area contributed by atoms with E-state index >= 15 is 0 Å². The molecule has 0 heterocycles. The van der Waals surface area contributed by atoms with E-state index in [9.17, 15) is 0 Å². The van der Waals surface area contributed by atoms with Crippen molar-refractivity contribution in [3.05, 3.63) is 0 Å². The lowest BCUT2D eigenvalue weighted by Gasteiger charge is -2.52. The lowest BCUT2D eigenvalue weighted by atomic mass is 11.8. The Morgan fingerprint density at radius 2 is 0.643 bits per heavy atom. The summed E-state index contributed by atoms with van der Waals surface area (Å²) in [5, 5.41) is 0. The normalized spacial score (nSPS) is 15.9. The fraction of sp³-hybridized carbons (Fsp3) is 1.00. The van der Waals surface area contributed by atoms with Crippen molar-refractivity contribution in [1.29, 1.82) is 0 Å². The number of halogens is 1. The van der Waals surface area contributed by atoms with Gasteiger partial charge in [0.2, 0.25) is 0 Å². The zero-order chi connectivity index (χ0) is 12.0. The molecule has 0 bridgehead atoms. The molecule has 0 aromatic rings. The zero-order valence-electron chi connectivity index (χ0n) is 11.4. The van der Waals surface area contributed by atoms with Crippen molar-refractivity contribution in [3.63, 3.8) is 0 Å². The van der Waals surface area contributed by atoms with Gasteiger partial charge in [0.05, 0.1) is 22.8 Å². The van der Waals surface area contributed by atoms with Crippen LogP contribution in [0.2, 0.25) is 58.9 Å². The molecule has 0 aliphatic carbocycles. The van der Waals surface area contributed by atoms with Crippen LogP contribution in [0, 0.1) is 0 Å². The summed E-state index contributed by atoms with van der Waals surface area (Å²) < 4.78 is 0. The molecule has 0 unspecified atom stereocenters. The molecule has 0 N–H and O–H groups in total. The van der Waals surface area contributed by atoms with Crippen LogP contribution in [0.5, 0.6) is 0 Å². The van der Waals surface area contributed by atoms with Gasteiger partial charge in [-0.25, -0.2) is 0 Å². The Morgan fingerprint density at radius 1 is 0.500 bits per heavy atom. The third kappa shape index (κ3) is 2.45. The second-order valence-corrected chi connectivity index (χ2v) is 51.5. The molecular formula is C9H27ClSi4. The monoisotopic (exact) mass is 282 g/mol. The van der Waals surface area contributed by atoms with E-state index in [-0.39, 0.29) is 0 Å². The Bertz CT molecular complexity index is 170. The molecule has 0 spiro atoms. The van der Waals surface area contributed by atoms with Gasteiger partial charge >= 0.3 is 0 Å². The Morgan fingerprint density at radius 3 is 0.643 bits per heavy atom. The predicted molar refractivity (Wildman–Crippen MR) is 81.6 cm³/mol. The lowest BCUT2D eigenvalue weighted by molar-refractivity contribution is 1.76. The third-order valence-corrected chi connectivity index (χ3v) is 83.7. The highest BCUT2D eigenvalue weighted by molar-refractivity contribution is 8.01. The molecule has 0 atom stereocenters. The quantitative estimate of drug-likeness (QED) is 0.531. The molecule has 0 radical (unpaired) electrons. The van der Waals surface area contributed by atoms with Crippen LogP contribution in [0.25, 0.3) is 0 Å². The van der Waals surface area contributed by atoms with Gasteiger partial charge in [0, 0.05) is 0 Å². The van der Waals surface area contributed by atoms with Gasteiger partial charge in [-0.2, -0.15) is 11.1 Å². The molecule has 0 aliphatic rings. The molecular weight excluding hydrogens is 256 g/mol. The first-order valence-electron chi connectivity index (χ1n) is 5.44. The molecule has 0 amide bonds. The average molecular weight is 283 g/mol. The van der Waals surface area contributed by atoms with Crippen molar-refractivity contribution in [2.45, 2.75) is 58.9 Å². The van der Waals surface area contributed by atoms with Crippen LogP contribution in [-0.2, 0) is 0 Å². The zero-order valence-corrected chi connectivity index (χ0v) is 16.1. The van der Waals surface area contributed by atoms with Crippen molar-refractivity contribution in [2.75, 3.05) is 0 Å². The van der Waals surface area contributed by atoms with E-state index in [2.05, 4.69) is 58.9 Å². The lowest BCUT2D eigenvalue weighted by Crippen LogP contribution is -2.79. The highest BCUT2D eigenvalue weighted by Crippen LogP contribution is 2.39. The molecule has 0 fully saturated rings. The van der Waals surface area contributed by atoms with Crippen molar-refractivity contribution in [3.8, 4) is 0 Å². The standard InChI is InChI=1S/C9H27ClSi4/c1-11(2,3)14(10,12(4,5)6)13(7,8)9/h1-9H3. The first-order valence-corrected chi connectivity index (χ1v) is 22.0. The van der Waals surface area contributed by atoms with Crippen molar-refractivity contribution >= 4 is 39.8 Å². The first-order chi connectivity index (χ1) is 5.75. The molecule has 0 aliphatic heterocycles. The maximum absolute atomic E-state index is 7.29. The van der Waals surface area contributed by atoms with Gasteiger partial charge < -0.3 is 0 Å². The minimum atomic E-state index is -1.47. The Kier molecular flexibility index (Phi) is 4.19. The SMILES string of the molecule is C[Si](C)(C)[Si](Cl)([Si](C)(C)C)[Si](C)(C)C. The van der Waals surface area contributed by atoms with E-state index < -0.39 is 28.7 Å². The minimum absolute atomic E-state index is 1.15. The van der Waals surface area contributed by atoms with E-state index in [1.807, 2.05) is 0 Å². The number of rotatable bonds is 3. The maximum Gasteiger partial charge on any atom is 0.130 e. The van der Waals surface area contributed by atoms with Crippen molar-refractivity contribution in [2.24, 2.45) is 0 Å². The van der Waals surface area contributed by atoms with Gasteiger partial charge in [0.25, 0.3) is 0 Å². The largest absolute Gasteiger partial charge is 0.177 e. The van der Waals surface area contributed by atoms with Crippen molar-refractivity contribution in [1.82, 2.24) is 0 Å². The van der Waals surface area contributed by atoms with Gasteiger partial charge in [-0.3, -0.25) is 0 Å². The van der Waals surface area contributed by atoms with Gasteiger partial charge in [-0.05, 0) is 0 Å². The average Bonchev–Trinajstić information content (AvgIpc) is 1.77. The Labute approximate surface area is 98.6 Å². The molecule has 86 valence electrons. The molecule has 5 heteroatoms. The van der Waals surface area contributed by atoms with E-state index in [0.29, 0.717) is 0 Å². The molecule has 14 heavy (non-hydrogen) atoms. The van der Waals surface area contributed by atoms with Gasteiger partial charge in [0.15, 0.2) is 0 Å². The summed E-state index contributed by atoms with van der Waals surface area (Å²) in [6.07, 6.45) is 0. The number of hydrogen-bond donors (Lipinski definition) is 0. The van der Waals surface area contributed by atoms with Crippen LogP contribution in [-0.4, -0.2) is 28.7 Å². The molecule has 0 saturated heterocycles. The highest BCUT2D eigenvalue weighted by atomic mass is 35.6. The van der Waals surface area contributed by atoms with E-state index in [4.69, 9.17) is 11.1 Å². The summed E-state index contributed by atoms with van der Waals surface area (Å²) in [6, 6.07) is 0. The van der Waals surface area contributed by atoms with Gasteiger partial charge in [0.1, 0.15) is 5.94 Å². The van der Waals surface area contributed by atoms with E-state index in [0.717, 1.165) is 0 Å².